The van der Waals surface area contributed by atoms with Crippen molar-refractivity contribution in [3.8, 4) is 5.75 Å². The number of aliphatic hydroxyl groups is 1. The second-order valence-electron chi connectivity index (χ2n) is 6.75. The molecule has 140 valence electrons. The number of hydrogen-bond acceptors (Lipinski definition) is 3. The lowest BCUT2D eigenvalue weighted by atomic mass is 10.0. The molecule has 2 atom stereocenters. The van der Waals surface area contributed by atoms with Crippen molar-refractivity contribution in [2.75, 3.05) is 6.54 Å². The summed E-state index contributed by atoms with van der Waals surface area (Å²) in [6.45, 7) is 2.02. The zero-order valence-electron chi connectivity index (χ0n) is 15.2. The highest BCUT2D eigenvalue weighted by Crippen LogP contribution is 2.20. The highest BCUT2D eigenvalue weighted by atomic mass is 16.3. The number of urea groups is 1. The van der Waals surface area contributed by atoms with Crippen LogP contribution in [0.2, 0.25) is 0 Å². The monoisotopic (exact) mass is 364 g/mol. The smallest absolute Gasteiger partial charge is 0.315 e. The third-order valence-corrected chi connectivity index (χ3v) is 4.44. The molecule has 2 unspecified atom stereocenters. The van der Waals surface area contributed by atoms with E-state index in [9.17, 15) is 15.0 Å². The number of phenolic OH excluding ortho intramolecular Hbond substituents is 1. The first kappa shape index (κ1) is 18.7. The van der Waals surface area contributed by atoms with Crippen LogP contribution in [0.3, 0.4) is 0 Å². The largest absolute Gasteiger partial charge is 0.508 e. The fourth-order valence-corrected chi connectivity index (χ4v) is 3.09. The normalized spacial score (nSPS) is 13.1. The summed E-state index contributed by atoms with van der Waals surface area (Å²) in [6.07, 6.45) is -0.170. The lowest BCUT2D eigenvalue weighted by Gasteiger charge is -2.17. The quantitative estimate of drug-likeness (QED) is 0.540. The van der Waals surface area contributed by atoms with Crippen LogP contribution in [0.4, 0.5) is 4.79 Å². The highest BCUT2D eigenvalue weighted by molar-refractivity contribution is 5.83. The third kappa shape index (κ3) is 5.21. The van der Waals surface area contributed by atoms with Gasteiger partial charge in [-0.2, -0.15) is 0 Å². The van der Waals surface area contributed by atoms with Gasteiger partial charge in [0, 0.05) is 12.6 Å². The number of carbonyl (C=O) groups excluding carboxylic acids is 1. The van der Waals surface area contributed by atoms with E-state index in [2.05, 4.69) is 10.6 Å². The minimum absolute atomic E-state index is 0.107. The summed E-state index contributed by atoms with van der Waals surface area (Å²) in [5.74, 6) is 0.211. The molecule has 0 heterocycles. The molecule has 5 nitrogen and oxygen atoms in total. The molecule has 0 saturated carbocycles. The average molecular weight is 364 g/mol. The van der Waals surface area contributed by atoms with E-state index in [4.69, 9.17) is 0 Å². The Morgan fingerprint density at radius 3 is 2.56 bits per heavy atom. The van der Waals surface area contributed by atoms with Gasteiger partial charge < -0.3 is 20.8 Å². The fraction of sp³-hybridized carbons (Fsp3) is 0.227. The molecule has 5 heteroatoms. The Labute approximate surface area is 158 Å². The lowest BCUT2D eigenvalue weighted by molar-refractivity contribution is 0.172. The summed E-state index contributed by atoms with van der Waals surface area (Å²) in [4.78, 5) is 12.1. The van der Waals surface area contributed by atoms with Crippen molar-refractivity contribution in [1.82, 2.24) is 10.6 Å². The minimum atomic E-state index is -0.776. The van der Waals surface area contributed by atoms with Gasteiger partial charge in [0.25, 0.3) is 0 Å². The fourth-order valence-electron chi connectivity index (χ4n) is 3.09. The molecule has 0 aromatic heterocycles. The summed E-state index contributed by atoms with van der Waals surface area (Å²) in [6, 6.07) is 20.2. The number of hydrogen-bond donors (Lipinski definition) is 4. The van der Waals surface area contributed by atoms with Crippen LogP contribution in [-0.4, -0.2) is 28.8 Å². The lowest BCUT2D eigenvalue weighted by Crippen LogP contribution is -2.43. The molecule has 3 aromatic carbocycles. The Morgan fingerprint density at radius 1 is 1.00 bits per heavy atom. The highest BCUT2D eigenvalue weighted by Gasteiger charge is 2.12. The van der Waals surface area contributed by atoms with Crippen molar-refractivity contribution in [3.05, 3.63) is 77.9 Å². The molecule has 0 aliphatic heterocycles. The minimum Gasteiger partial charge on any atom is -0.508 e. The molecule has 2 amide bonds. The van der Waals surface area contributed by atoms with Crippen LogP contribution in [0.15, 0.2) is 66.7 Å². The van der Waals surface area contributed by atoms with Crippen molar-refractivity contribution in [2.45, 2.75) is 25.5 Å². The Kier molecular flexibility index (Phi) is 5.94. The van der Waals surface area contributed by atoms with Crippen molar-refractivity contribution in [3.63, 3.8) is 0 Å². The first-order chi connectivity index (χ1) is 13.0. The molecule has 0 aliphatic carbocycles. The van der Waals surface area contributed by atoms with Crippen LogP contribution in [0.1, 0.15) is 24.2 Å². The van der Waals surface area contributed by atoms with Gasteiger partial charge in [-0.1, -0.05) is 48.5 Å². The average Bonchev–Trinajstić information content (AvgIpc) is 2.65. The zero-order valence-corrected chi connectivity index (χ0v) is 15.2. The second kappa shape index (κ2) is 8.56. The first-order valence-corrected chi connectivity index (χ1v) is 9.00. The molecule has 0 saturated heterocycles. The second-order valence-corrected chi connectivity index (χ2v) is 6.75. The van der Waals surface area contributed by atoms with Gasteiger partial charge in [-0.3, -0.25) is 0 Å². The summed E-state index contributed by atoms with van der Waals surface area (Å²) < 4.78 is 0. The summed E-state index contributed by atoms with van der Waals surface area (Å²) in [5, 5.41) is 27.6. The molecule has 0 bridgehead atoms. The van der Waals surface area contributed by atoms with E-state index in [1.54, 1.807) is 18.2 Å². The van der Waals surface area contributed by atoms with Crippen molar-refractivity contribution < 1.29 is 15.0 Å². The molecule has 3 aromatic rings. The van der Waals surface area contributed by atoms with Crippen LogP contribution in [0.25, 0.3) is 10.8 Å². The topological polar surface area (TPSA) is 81.6 Å². The number of amides is 2. The standard InChI is InChI=1S/C22H24N2O3/c1-15(11-16-5-4-8-20(25)12-16)24-22(27)23-14-21(26)19-10-9-17-6-2-3-7-18(17)13-19/h2-10,12-13,15,21,25-26H,11,14H2,1H3,(H2,23,24,27). The van der Waals surface area contributed by atoms with E-state index in [1.807, 2.05) is 55.5 Å². The van der Waals surface area contributed by atoms with Gasteiger partial charge in [0.05, 0.1) is 6.10 Å². The molecule has 0 aliphatic rings. The number of aromatic hydroxyl groups is 1. The van der Waals surface area contributed by atoms with Crippen LogP contribution in [0, 0.1) is 0 Å². The van der Waals surface area contributed by atoms with E-state index >= 15 is 0 Å². The van der Waals surface area contributed by atoms with Crippen LogP contribution >= 0.6 is 0 Å². The third-order valence-electron chi connectivity index (χ3n) is 4.44. The maximum Gasteiger partial charge on any atom is 0.315 e. The Balaban J connectivity index is 1.50. The van der Waals surface area contributed by atoms with Gasteiger partial charge in [-0.15, -0.1) is 0 Å². The number of nitrogens with one attached hydrogen (secondary N) is 2. The summed E-state index contributed by atoms with van der Waals surface area (Å²) >= 11 is 0. The van der Waals surface area contributed by atoms with Crippen LogP contribution in [-0.2, 0) is 6.42 Å². The van der Waals surface area contributed by atoms with Gasteiger partial charge in [-0.05, 0) is 53.4 Å². The van der Waals surface area contributed by atoms with E-state index in [0.29, 0.717) is 6.42 Å². The Morgan fingerprint density at radius 2 is 1.78 bits per heavy atom. The van der Waals surface area contributed by atoms with Gasteiger partial charge in [-0.25, -0.2) is 4.79 Å². The van der Waals surface area contributed by atoms with Gasteiger partial charge >= 0.3 is 6.03 Å². The predicted octanol–water partition coefficient (Wildman–Crippen LogP) is 3.51. The number of carbonyl (C=O) groups is 1. The van der Waals surface area contributed by atoms with Gasteiger partial charge in [0.2, 0.25) is 0 Å². The number of aliphatic hydroxyl groups excluding tert-OH is 1. The van der Waals surface area contributed by atoms with Crippen molar-refractivity contribution in [1.29, 1.82) is 0 Å². The van der Waals surface area contributed by atoms with E-state index in [-0.39, 0.29) is 24.4 Å². The molecular formula is C22H24N2O3. The van der Waals surface area contributed by atoms with E-state index in [1.165, 1.54) is 0 Å². The predicted molar refractivity (Wildman–Crippen MR) is 107 cm³/mol. The molecule has 0 fully saturated rings. The summed E-state index contributed by atoms with van der Waals surface area (Å²) in [5.41, 5.74) is 1.71. The SMILES string of the molecule is CC(Cc1cccc(O)c1)NC(=O)NCC(O)c1ccc2ccccc2c1. The molecule has 4 N–H and O–H groups in total. The molecular weight excluding hydrogens is 340 g/mol. The maximum atomic E-state index is 12.1. The molecule has 27 heavy (non-hydrogen) atoms. The van der Waals surface area contributed by atoms with E-state index in [0.717, 1.165) is 21.9 Å². The maximum absolute atomic E-state index is 12.1. The number of fused-ring (bicyclic) bond motifs is 1. The van der Waals surface area contributed by atoms with E-state index < -0.39 is 6.10 Å². The first-order valence-electron chi connectivity index (χ1n) is 9.00. The number of rotatable bonds is 6. The van der Waals surface area contributed by atoms with Crippen molar-refractivity contribution >= 4 is 16.8 Å². The van der Waals surface area contributed by atoms with Gasteiger partial charge in [0.1, 0.15) is 5.75 Å². The molecule has 0 spiro atoms. The Hall–Kier alpha value is -3.05. The van der Waals surface area contributed by atoms with Crippen LogP contribution < -0.4 is 10.6 Å². The zero-order chi connectivity index (χ0) is 19.2. The summed E-state index contributed by atoms with van der Waals surface area (Å²) in [7, 11) is 0. The van der Waals surface area contributed by atoms with Gasteiger partial charge in [0.15, 0.2) is 0 Å². The number of phenols is 1. The molecule has 3 rings (SSSR count). The van der Waals surface area contributed by atoms with Crippen molar-refractivity contribution in [2.24, 2.45) is 0 Å². The number of benzene rings is 3. The Bertz CT molecular complexity index is 926. The molecule has 0 radical (unpaired) electrons. The van der Waals surface area contributed by atoms with Crippen LogP contribution in [0.5, 0.6) is 5.75 Å².